The Morgan fingerprint density at radius 1 is 0.882 bits per heavy atom. The number of nitrogens with zero attached hydrogens (tertiary/aromatic N) is 1. The van der Waals surface area contributed by atoms with Crippen molar-refractivity contribution in [1.82, 2.24) is 10.2 Å². The molecule has 0 bridgehead atoms. The summed E-state index contributed by atoms with van der Waals surface area (Å²) < 4.78 is 11.0. The summed E-state index contributed by atoms with van der Waals surface area (Å²) >= 11 is 0. The lowest BCUT2D eigenvalue weighted by Crippen LogP contribution is -2.58. The maximum absolute atomic E-state index is 10.2. The molecule has 0 radical (unpaired) electrons. The van der Waals surface area contributed by atoms with Gasteiger partial charge in [0.25, 0.3) is 0 Å². The number of ether oxygens (including phenoxy) is 2. The van der Waals surface area contributed by atoms with E-state index in [0.717, 1.165) is 0 Å². The molecule has 11 nitrogen and oxygen atoms in total. The highest BCUT2D eigenvalue weighted by molar-refractivity contribution is 5.85. The average Bonchev–Trinajstić information content (AvgIpc) is 3.31. The topological polar surface area (TPSA) is 189 Å². The van der Waals surface area contributed by atoms with Gasteiger partial charge >= 0.3 is 0 Å². The number of nitrogens with one attached hydrogen (secondary N) is 1. The summed E-state index contributed by atoms with van der Waals surface area (Å²) in [5.41, 5.74) is 1.56. The van der Waals surface area contributed by atoms with Crippen LogP contribution in [0.15, 0.2) is 18.3 Å². The van der Waals surface area contributed by atoms with Gasteiger partial charge in [0.1, 0.15) is 42.7 Å². The van der Waals surface area contributed by atoms with Crippen LogP contribution in [0.2, 0.25) is 0 Å². The zero-order valence-electron chi connectivity index (χ0n) is 17.9. The van der Waals surface area contributed by atoms with Crippen LogP contribution in [-0.2, 0) is 9.47 Å². The molecule has 11 heteroatoms. The van der Waals surface area contributed by atoms with Gasteiger partial charge in [-0.1, -0.05) is 23.7 Å². The smallest absolute Gasteiger partial charge is 0.147 e. The second kappa shape index (κ2) is 10.4. The zero-order chi connectivity index (χ0) is 24.4. The molecular formula is C23H26N2O9. The molecule has 4 rings (SSSR count). The first kappa shape index (κ1) is 24.6. The van der Waals surface area contributed by atoms with Gasteiger partial charge in [-0.2, -0.15) is 5.10 Å². The third-order valence-corrected chi connectivity index (χ3v) is 5.90. The van der Waals surface area contributed by atoms with Crippen molar-refractivity contribution in [2.24, 2.45) is 0 Å². The first-order valence-corrected chi connectivity index (χ1v) is 10.8. The summed E-state index contributed by atoms with van der Waals surface area (Å²) in [5, 5.41) is 76.4. The van der Waals surface area contributed by atoms with E-state index >= 15 is 0 Å². The van der Waals surface area contributed by atoms with Crippen molar-refractivity contribution in [3.63, 3.8) is 0 Å². The number of H-pyrrole nitrogens is 1. The maximum Gasteiger partial charge on any atom is 0.147 e. The molecule has 0 amide bonds. The summed E-state index contributed by atoms with van der Waals surface area (Å²) in [4.78, 5) is 0. The van der Waals surface area contributed by atoms with Gasteiger partial charge in [-0.25, -0.2) is 0 Å². The van der Waals surface area contributed by atoms with E-state index in [9.17, 15) is 35.7 Å². The molecule has 0 spiro atoms. The van der Waals surface area contributed by atoms with Gasteiger partial charge in [0.15, 0.2) is 0 Å². The fraction of sp³-hybridized carbons (Fsp3) is 0.522. The molecule has 8 unspecified atom stereocenters. The Hall–Kier alpha value is -2.55. The number of benzene rings is 1. The molecule has 0 aliphatic carbocycles. The molecule has 0 saturated carbocycles. The lowest BCUT2D eigenvalue weighted by atomic mass is 9.95. The summed E-state index contributed by atoms with van der Waals surface area (Å²) in [6.45, 7) is -0.861. The van der Waals surface area contributed by atoms with Crippen LogP contribution in [0.1, 0.15) is 17.5 Å². The molecule has 2 aromatic rings. The Labute approximate surface area is 194 Å². The van der Waals surface area contributed by atoms with Crippen LogP contribution in [-0.4, -0.2) is 114 Å². The van der Waals surface area contributed by atoms with Gasteiger partial charge in [0.05, 0.1) is 42.7 Å². The first-order chi connectivity index (χ1) is 16.3. The van der Waals surface area contributed by atoms with Gasteiger partial charge in [-0.3, -0.25) is 5.10 Å². The third kappa shape index (κ3) is 4.94. The summed E-state index contributed by atoms with van der Waals surface area (Å²) in [5.74, 6) is 11.2. The van der Waals surface area contributed by atoms with Crippen LogP contribution in [0, 0.1) is 23.7 Å². The predicted octanol–water partition coefficient (Wildman–Crippen LogP) is -3.02. The third-order valence-electron chi connectivity index (χ3n) is 5.90. The number of aromatic nitrogens is 2. The van der Waals surface area contributed by atoms with Gasteiger partial charge in [0.2, 0.25) is 0 Å². The Morgan fingerprint density at radius 2 is 1.62 bits per heavy atom. The van der Waals surface area contributed by atoms with Gasteiger partial charge < -0.3 is 45.2 Å². The number of rotatable bonds is 2. The van der Waals surface area contributed by atoms with Crippen molar-refractivity contribution in [2.75, 3.05) is 13.2 Å². The monoisotopic (exact) mass is 474 g/mol. The van der Waals surface area contributed by atoms with Crippen LogP contribution in [0.25, 0.3) is 10.9 Å². The number of aliphatic hydroxyl groups excluding tert-OH is 7. The van der Waals surface area contributed by atoms with Crippen LogP contribution >= 0.6 is 0 Å². The molecule has 1 aromatic heterocycles. The number of hydrogen-bond donors (Lipinski definition) is 8. The second-order valence-corrected chi connectivity index (χ2v) is 8.30. The molecule has 1 aromatic carbocycles. The molecule has 2 aliphatic heterocycles. The molecule has 2 aliphatic rings. The number of aliphatic hydroxyl groups is 7. The highest BCUT2D eigenvalue weighted by Crippen LogP contribution is 2.23. The zero-order valence-corrected chi connectivity index (χ0v) is 17.9. The van der Waals surface area contributed by atoms with E-state index in [4.69, 9.17) is 9.47 Å². The van der Waals surface area contributed by atoms with Crippen molar-refractivity contribution < 1.29 is 45.2 Å². The van der Waals surface area contributed by atoms with Gasteiger partial charge in [0, 0.05) is 17.4 Å². The number of hydrogen-bond acceptors (Lipinski definition) is 10. The van der Waals surface area contributed by atoms with E-state index in [1.165, 1.54) is 0 Å². The van der Waals surface area contributed by atoms with E-state index < -0.39 is 61.5 Å². The van der Waals surface area contributed by atoms with E-state index in [2.05, 4.69) is 33.9 Å². The van der Waals surface area contributed by atoms with E-state index in [-0.39, 0.29) is 13.0 Å². The van der Waals surface area contributed by atoms with Gasteiger partial charge in [-0.05, 0) is 12.1 Å². The summed E-state index contributed by atoms with van der Waals surface area (Å²) in [7, 11) is 0. The van der Waals surface area contributed by atoms with E-state index in [1.807, 2.05) is 0 Å². The Balaban J connectivity index is 1.62. The molecule has 34 heavy (non-hydrogen) atoms. The van der Waals surface area contributed by atoms with Crippen molar-refractivity contribution in [2.45, 2.75) is 61.4 Å². The highest BCUT2D eigenvalue weighted by atomic mass is 16.5. The summed E-state index contributed by atoms with van der Waals surface area (Å²) in [6.07, 6.45) is -8.97. The van der Waals surface area contributed by atoms with E-state index in [0.29, 0.717) is 22.0 Å². The van der Waals surface area contributed by atoms with Crippen LogP contribution in [0.3, 0.4) is 0 Å². The number of fused-ring (bicyclic) bond motifs is 1. The van der Waals surface area contributed by atoms with Gasteiger partial charge in [-0.15, -0.1) is 0 Å². The van der Waals surface area contributed by atoms with Crippen molar-refractivity contribution in [3.8, 4) is 23.7 Å². The predicted molar refractivity (Wildman–Crippen MR) is 116 cm³/mol. The lowest BCUT2D eigenvalue weighted by Gasteiger charge is -2.37. The summed E-state index contributed by atoms with van der Waals surface area (Å²) in [6, 6.07) is 3.36. The fourth-order valence-corrected chi connectivity index (χ4v) is 3.94. The first-order valence-electron chi connectivity index (χ1n) is 10.8. The Kier molecular flexibility index (Phi) is 7.50. The highest BCUT2D eigenvalue weighted by Gasteiger charge is 2.42. The minimum atomic E-state index is -1.53. The Morgan fingerprint density at radius 3 is 2.35 bits per heavy atom. The maximum atomic E-state index is 10.2. The van der Waals surface area contributed by atoms with Crippen LogP contribution in [0.4, 0.5) is 0 Å². The molecular weight excluding hydrogens is 448 g/mol. The largest absolute Gasteiger partial charge is 0.394 e. The Bertz CT molecular complexity index is 1130. The molecule has 2 saturated heterocycles. The molecule has 3 heterocycles. The molecule has 182 valence electrons. The lowest BCUT2D eigenvalue weighted by molar-refractivity contribution is -0.214. The minimum absolute atomic E-state index is 0.101. The van der Waals surface area contributed by atoms with Crippen molar-refractivity contribution in [3.05, 3.63) is 29.5 Å². The minimum Gasteiger partial charge on any atom is -0.394 e. The second-order valence-electron chi connectivity index (χ2n) is 8.30. The van der Waals surface area contributed by atoms with Crippen molar-refractivity contribution >= 4 is 10.9 Å². The fourth-order valence-electron chi connectivity index (χ4n) is 3.94. The van der Waals surface area contributed by atoms with Crippen LogP contribution < -0.4 is 0 Å². The standard InChI is InChI=1S/C23H26N2O9/c26-9-14-7-15(28)20(29)16(33-14)4-2-12-5-11(6-13-8-24-25-19(12)13)1-3-17-21(30)23(32)22(31)18(10-27)34-17/h5-6,8,14-18,20-23,26-32H,7,9-10H2,(H,24,25)/t14?,15?,16?,17?,18?,20?,21?,22-,23?/m1/s1. The molecule has 9 atom stereocenters. The van der Waals surface area contributed by atoms with Crippen molar-refractivity contribution in [1.29, 1.82) is 0 Å². The SMILES string of the molecule is OCC1CC(O)C(O)C(C#Cc2cc(C#CC3OC(CO)[C@@H](O)C(O)C3O)cc3cn[nH]c23)O1. The molecule has 8 N–H and O–H groups in total. The van der Waals surface area contributed by atoms with E-state index in [1.54, 1.807) is 18.3 Å². The van der Waals surface area contributed by atoms with Crippen LogP contribution in [0.5, 0.6) is 0 Å². The quantitative estimate of drug-likeness (QED) is 0.208. The number of aromatic amines is 1. The molecule has 2 fully saturated rings. The normalized spacial score (nSPS) is 35.8. The average molecular weight is 474 g/mol.